The van der Waals surface area contributed by atoms with Crippen LogP contribution in [0.3, 0.4) is 0 Å². The number of rotatable bonds is 3. The summed E-state index contributed by atoms with van der Waals surface area (Å²) in [6, 6.07) is -0.353. The Kier molecular flexibility index (Phi) is 2.67. The second-order valence-electron chi connectivity index (χ2n) is 4.93. The molecule has 4 nitrogen and oxygen atoms in total. The molecule has 1 atom stereocenters. The molecule has 1 unspecified atom stereocenters. The number of nitrogens with one attached hydrogen (secondary N) is 2. The number of carbonyl (C=O) groups excluding carboxylic acids is 2. The number of amides is 3. The molecule has 4 heteroatoms. The highest BCUT2D eigenvalue weighted by atomic mass is 16.2. The number of imide groups is 1. The summed E-state index contributed by atoms with van der Waals surface area (Å²) in [4.78, 5) is 22.5. The molecule has 2 aliphatic rings. The van der Waals surface area contributed by atoms with E-state index in [4.69, 9.17) is 0 Å². The molecule has 2 N–H and O–H groups in total. The van der Waals surface area contributed by atoms with E-state index in [1.807, 2.05) is 6.92 Å². The van der Waals surface area contributed by atoms with Gasteiger partial charge >= 0.3 is 6.03 Å². The lowest BCUT2D eigenvalue weighted by molar-refractivity contribution is -0.123. The van der Waals surface area contributed by atoms with Gasteiger partial charge in [0.1, 0.15) is 5.54 Å². The van der Waals surface area contributed by atoms with Crippen LogP contribution in [0.25, 0.3) is 0 Å². The first kappa shape index (κ1) is 10.5. The van der Waals surface area contributed by atoms with Crippen LogP contribution in [-0.4, -0.2) is 17.5 Å². The lowest BCUT2D eigenvalue weighted by Crippen LogP contribution is -2.43. The zero-order chi connectivity index (χ0) is 10.9. The van der Waals surface area contributed by atoms with Gasteiger partial charge in [0, 0.05) is 0 Å². The van der Waals surface area contributed by atoms with E-state index in [9.17, 15) is 9.59 Å². The van der Waals surface area contributed by atoms with Crippen molar-refractivity contribution in [1.82, 2.24) is 10.6 Å². The molecular formula is C11H18N2O2. The molecule has 0 bridgehead atoms. The van der Waals surface area contributed by atoms with Gasteiger partial charge < -0.3 is 5.32 Å². The summed E-state index contributed by atoms with van der Waals surface area (Å²) in [7, 11) is 0. The molecule has 0 aromatic rings. The average Bonchev–Trinajstić information content (AvgIpc) is 2.73. The van der Waals surface area contributed by atoms with Crippen LogP contribution in [0.2, 0.25) is 0 Å². The molecule has 3 amide bonds. The highest BCUT2D eigenvalue weighted by Crippen LogP contribution is 2.31. The van der Waals surface area contributed by atoms with E-state index in [-0.39, 0.29) is 11.9 Å². The van der Waals surface area contributed by atoms with Gasteiger partial charge in [0.2, 0.25) is 0 Å². The van der Waals surface area contributed by atoms with E-state index in [0.717, 1.165) is 18.8 Å². The minimum Gasteiger partial charge on any atom is -0.324 e. The fraction of sp³-hybridized carbons (Fsp3) is 0.818. The number of hydrogen-bond donors (Lipinski definition) is 2. The van der Waals surface area contributed by atoms with Crippen molar-refractivity contribution >= 4 is 11.9 Å². The predicted octanol–water partition coefficient (Wildman–Crippen LogP) is 1.55. The zero-order valence-corrected chi connectivity index (χ0v) is 9.14. The van der Waals surface area contributed by atoms with Crippen molar-refractivity contribution in [3.8, 4) is 0 Å². The van der Waals surface area contributed by atoms with Gasteiger partial charge in [0.25, 0.3) is 5.91 Å². The fourth-order valence-electron chi connectivity index (χ4n) is 2.55. The Hall–Kier alpha value is -1.06. The van der Waals surface area contributed by atoms with Crippen molar-refractivity contribution in [1.29, 1.82) is 0 Å². The molecule has 0 aromatic carbocycles. The van der Waals surface area contributed by atoms with Crippen molar-refractivity contribution in [3.63, 3.8) is 0 Å². The number of carbonyl (C=O) groups is 2. The molecule has 1 saturated carbocycles. The first-order chi connectivity index (χ1) is 7.10. The molecule has 84 valence electrons. The molecule has 0 aromatic heterocycles. The van der Waals surface area contributed by atoms with E-state index in [1.165, 1.54) is 25.7 Å². The van der Waals surface area contributed by atoms with Crippen LogP contribution in [0.5, 0.6) is 0 Å². The first-order valence-corrected chi connectivity index (χ1v) is 5.74. The predicted molar refractivity (Wildman–Crippen MR) is 56.3 cm³/mol. The third-order valence-electron chi connectivity index (χ3n) is 3.64. The van der Waals surface area contributed by atoms with Crippen molar-refractivity contribution in [2.45, 2.75) is 51.0 Å². The maximum absolute atomic E-state index is 11.5. The summed E-state index contributed by atoms with van der Waals surface area (Å²) in [5, 5.41) is 5.00. The highest BCUT2D eigenvalue weighted by Gasteiger charge is 2.41. The van der Waals surface area contributed by atoms with Gasteiger partial charge in [-0.25, -0.2) is 4.79 Å². The van der Waals surface area contributed by atoms with Gasteiger partial charge in [0.15, 0.2) is 0 Å². The fourth-order valence-corrected chi connectivity index (χ4v) is 2.55. The average molecular weight is 210 g/mol. The molecule has 1 saturated heterocycles. The number of urea groups is 1. The summed E-state index contributed by atoms with van der Waals surface area (Å²) in [6.07, 6.45) is 7.01. The Morgan fingerprint density at radius 2 is 2.00 bits per heavy atom. The quantitative estimate of drug-likeness (QED) is 0.694. The minimum absolute atomic E-state index is 0.175. The summed E-state index contributed by atoms with van der Waals surface area (Å²) < 4.78 is 0. The highest BCUT2D eigenvalue weighted by molar-refractivity contribution is 6.06. The van der Waals surface area contributed by atoms with Crippen LogP contribution in [0.1, 0.15) is 45.4 Å². The van der Waals surface area contributed by atoms with Crippen molar-refractivity contribution in [2.75, 3.05) is 0 Å². The van der Waals surface area contributed by atoms with Crippen LogP contribution >= 0.6 is 0 Å². The Labute approximate surface area is 89.8 Å². The molecular weight excluding hydrogens is 192 g/mol. The Morgan fingerprint density at radius 3 is 2.53 bits per heavy atom. The molecule has 1 aliphatic heterocycles. The summed E-state index contributed by atoms with van der Waals surface area (Å²) in [5.41, 5.74) is -0.667. The van der Waals surface area contributed by atoms with E-state index in [0.29, 0.717) is 0 Å². The van der Waals surface area contributed by atoms with E-state index < -0.39 is 5.54 Å². The third kappa shape index (κ3) is 2.13. The summed E-state index contributed by atoms with van der Waals surface area (Å²) >= 11 is 0. The van der Waals surface area contributed by atoms with Gasteiger partial charge in [-0.2, -0.15) is 0 Å². The van der Waals surface area contributed by atoms with Crippen LogP contribution in [0, 0.1) is 5.92 Å². The SMILES string of the molecule is CC1(CCC2CCCC2)NC(=O)NC1=O. The molecule has 0 radical (unpaired) electrons. The molecule has 1 aliphatic carbocycles. The lowest BCUT2D eigenvalue weighted by Gasteiger charge is -2.22. The topological polar surface area (TPSA) is 58.2 Å². The normalized spacial score (nSPS) is 31.8. The second-order valence-corrected chi connectivity index (χ2v) is 4.93. The Balaban J connectivity index is 1.87. The summed E-state index contributed by atoms with van der Waals surface area (Å²) in [5.74, 6) is 0.581. The largest absolute Gasteiger partial charge is 0.324 e. The standard InChI is InChI=1S/C11H18N2O2/c1-11(9(14)12-10(15)13-11)7-6-8-4-2-3-5-8/h8H,2-7H2,1H3,(H2,12,13,14,15). The zero-order valence-electron chi connectivity index (χ0n) is 9.14. The molecule has 15 heavy (non-hydrogen) atoms. The van der Waals surface area contributed by atoms with E-state index >= 15 is 0 Å². The van der Waals surface area contributed by atoms with Crippen molar-refractivity contribution in [3.05, 3.63) is 0 Å². The molecule has 0 spiro atoms. The Bertz CT molecular complexity index is 284. The van der Waals surface area contributed by atoms with Gasteiger partial charge in [-0.05, 0) is 25.7 Å². The third-order valence-corrected chi connectivity index (χ3v) is 3.64. The number of hydrogen-bond acceptors (Lipinski definition) is 2. The molecule has 2 fully saturated rings. The monoisotopic (exact) mass is 210 g/mol. The smallest absolute Gasteiger partial charge is 0.322 e. The van der Waals surface area contributed by atoms with E-state index in [2.05, 4.69) is 10.6 Å². The maximum Gasteiger partial charge on any atom is 0.322 e. The van der Waals surface area contributed by atoms with Crippen molar-refractivity contribution in [2.24, 2.45) is 5.92 Å². The van der Waals surface area contributed by atoms with Crippen LogP contribution in [0.15, 0.2) is 0 Å². The molecule has 2 rings (SSSR count). The van der Waals surface area contributed by atoms with Crippen molar-refractivity contribution < 1.29 is 9.59 Å². The van der Waals surface area contributed by atoms with Gasteiger partial charge in [-0.15, -0.1) is 0 Å². The minimum atomic E-state index is -0.667. The first-order valence-electron chi connectivity index (χ1n) is 5.74. The Morgan fingerprint density at radius 1 is 1.33 bits per heavy atom. The maximum atomic E-state index is 11.5. The van der Waals surface area contributed by atoms with Crippen LogP contribution < -0.4 is 10.6 Å². The van der Waals surface area contributed by atoms with Crippen LogP contribution in [0.4, 0.5) is 4.79 Å². The lowest BCUT2D eigenvalue weighted by atomic mass is 9.90. The second kappa shape index (κ2) is 3.83. The summed E-state index contributed by atoms with van der Waals surface area (Å²) in [6.45, 7) is 1.81. The van der Waals surface area contributed by atoms with Crippen LogP contribution in [-0.2, 0) is 4.79 Å². The van der Waals surface area contributed by atoms with E-state index in [1.54, 1.807) is 0 Å². The molecule has 1 heterocycles. The van der Waals surface area contributed by atoms with Gasteiger partial charge in [0.05, 0.1) is 0 Å². The van der Waals surface area contributed by atoms with Gasteiger partial charge in [-0.1, -0.05) is 25.7 Å². The van der Waals surface area contributed by atoms with Gasteiger partial charge in [-0.3, -0.25) is 10.1 Å².